The van der Waals surface area contributed by atoms with Gasteiger partial charge in [-0.1, -0.05) is 0 Å². The van der Waals surface area contributed by atoms with Crippen molar-refractivity contribution in [3.8, 4) is 34.3 Å². The van der Waals surface area contributed by atoms with Gasteiger partial charge in [0.15, 0.2) is 11.5 Å². The number of ether oxygens (including phenoxy) is 4. The van der Waals surface area contributed by atoms with Crippen molar-refractivity contribution in [2.45, 2.75) is 12.5 Å². The number of nitrogens with zero attached hydrogens (tertiary/aromatic N) is 3. The maximum absolute atomic E-state index is 10.6. The number of thiophene rings is 1. The van der Waals surface area contributed by atoms with Gasteiger partial charge in [-0.15, -0.1) is 11.3 Å². The molecule has 0 saturated carbocycles. The molecule has 2 aromatic carbocycles. The monoisotopic (exact) mass is 552 g/mol. The molecule has 208 valence electrons. The van der Waals surface area contributed by atoms with Gasteiger partial charge in [0.25, 0.3) is 0 Å². The third-order valence-electron chi connectivity index (χ3n) is 7.11. The molecule has 9 nitrogen and oxygen atoms in total. The van der Waals surface area contributed by atoms with Gasteiger partial charge in [0.05, 0.1) is 31.5 Å². The summed E-state index contributed by atoms with van der Waals surface area (Å²) >= 11 is 1.68. The highest BCUT2D eigenvalue weighted by Gasteiger charge is 2.20. The second-order valence-electron chi connectivity index (χ2n) is 9.65. The van der Waals surface area contributed by atoms with Crippen LogP contribution < -0.4 is 18.9 Å². The maximum Gasteiger partial charge on any atom is 0.203 e. The molecule has 1 aliphatic rings. The molecule has 2 N–H and O–H groups in total. The third-order valence-corrected chi connectivity index (χ3v) is 8.03. The molecule has 0 aliphatic carbocycles. The Balaban J connectivity index is 1.04. The van der Waals surface area contributed by atoms with Gasteiger partial charge in [0.1, 0.15) is 24.2 Å². The minimum atomic E-state index is -0.549. The molecule has 5 rings (SSSR count). The lowest BCUT2D eigenvalue weighted by Crippen LogP contribution is -2.49. The highest BCUT2D eigenvalue weighted by atomic mass is 32.1. The molecule has 1 aliphatic heterocycles. The summed E-state index contributed by atoms with van der Waals surface area (Å²) in [6, 6.07) is 13.9. The second kappa shape index (κ2) is 12.7. The van der Waals surface area contributed by atoms with Gasteiger partial charge in [0.2, 0.25) is 5.75 Å². The molecule has 0 spiro atoms. The van der Waals surface area contributed by atoms with Crippen LogP contribution in [0.5, 0.6) is 23.0 Å². The predicted molar refractivity (Wildman–Crippen MR) is 154 cm³/mol. The minimum absolute atomic E-state index is 0.262. The Hall–Kier alpha value is -3.31. The molecule has 0 radical (unpaired) electrons. The van der Waals surface area contributed by atoms with Crippen LogP contribution in [0.25, 0.3) is 21.5 Å². The lowest BCUT2D eigenvalue weighted by molar-refractivity contribution is 0.0463. The van der Waals surface area contributed by atoms with Gasteiger partial charge in [-0.25, -0.2) is 0 Å². The molecular formula is C29H36N4O5S. The average Bonchev–Trinajstić information content (AvgIpc) is 3.60. The number of aliphatic hydroxyl groups is 1. The number of aromatic nitrogens is 2. The van der Waals surface area contributed by atoms with Crippen LogP contribution in [0.4, 0.5) is 0 Å². The molecule has 4 aromatic rings. The van der Waals surface area contributed by atoms with Gasteiger partial charge in [0, 0.05) is 44.8 Å². The van der Waals surface area contributed by atoms with Crippen LogP contribution in [0, 0.1) is 0 Å². The Morgan fingerprint density at radius 1 is 0.949 bits per heavy atom. The summed E-state index contributed by atoms with van der Waals surface area (Å²) in [6.07, 6.45) is 0.345. The summed E-state index contributed by atoms with van der Waals surface area (Å²) < 4.78 is 23.4. The van der Waals surface area contributed by atoms with Gasteiger partial charge < -0.3 is 29.0 Å². The lowest BCUT2D eigenvalue weighted by Gasteiger charge is -2.35. The van der Waals surface area contributed by atoms with Crippen LogP contribution in [-0.4, -0.2) is 98.4 Å². The number of hydrogen-bond acceptors (Lipinski definition) is 9. The molecule has 0 amide bonds. The van der Waals surface area contributed by atoms with Gasteiger partial charge in [-0.2, -0.15) is 5.10 Å². The first-order valence-corrected chi connectivity index (χ1v) is 14.0. The van der Waals surface area contributed by atoms with E-state index < -0.39 is 6.10 Å². The fourth-order valence-corrected chi connectivity index (χ4v) is 5.81. The molecular weight excluding hydrogens is 516 g/mol. The summed E-state index contributed by atoms with van der Waals surface area (Å²) in [5, 5.41) is 20.1. The minimum Gasteiger partial charge on any atom is -0.493 e. The number of hydrogen-bond donors (Lipinski definition) is 2. The molecule has 1 unspecified atom stereocenters. The molecule has 1 saturated heterocycles. The van der Waals surface area contributed by atoms with Crippen molar-refractivity contribution in [2.75, 3.05) is 67.2 Å². The molecule has 3 heterocycles. The van der Waals surface area contributed by atoms with E-state index in [2.05, 4.69) is 25.4 Å². The zero-order valence-corrected chi connectivity index (χ0v) is 23.5. The summed E-state index contributed by atoms with van der Waals surface area (Å²) in [5.41, 5.74) is 4.20. The first-order valence-electron chi connectivity index (χ1n) is 13.1. The Labute approximate surface area is 232 Å². The van der Waals surface area contributed by atoms with E-state index >= 15 is 0 Å². The van der Waals surface area contributed by atoms with E-state index in [0.29, 0.717) is 23.8 Å². The van der Waals surface area contributed by atoms with E-state index in [4.69, 9.17) is 18.9 Å². The summed E-state index contributed by atoms with van der Waals surface area (Å²) in [7, 11) is 4.89. The molecule has 1 fully saturated rings. The van der Waals surface area contributed by atoms with Gasteiger partial charge in [-0.05, 0) is 59.8 Å². The zero-order valence-electron chi connectivity index (χ0n) is 22.7. The Morgan fingerprint density at radius 2 is 1.64 bits per heavy atom. The summed E-state index contributed by atoms with van der Waals surface area (Å²) in [4.78, 5) is 4.75. The van der Waals surface area contributed by atoms with Crippen LogP contribution in [0.1, 0.15) is 5.56 Å². The lowest BCUT2D eigenvalue weighted by atomic mass is 10.1. The number of piperazine rings is 1. The number of nitrogens with one attached hydrogen (secondary N) is 1. The molecule has 39 heavy (non-hydrogen) atoms. The predicted octanol–water partition coefficient (Wildman–Crippen LogP) is 3.92. The van der Waals surface area contributed by atoms with E-state index in [1.807, 2.05) is 42.5 Å². The molecule has 2 aromatic heterocycles. The SMILES string of the molecule is COc1cc(CCN2CCN(CC(O)COc3ccc(-c4n[nH]c5ccsc45)cc3)CC2)cc(OC)c1OC. The molecule has 0 bridgehead atoms. The third kappa shape index (κ3) is 6.47. The Morgan fingerprint density at radius 3 is 2.31 bits per heavy atom. The van der Waals surface area contributed by atoms with E-state index in [9.17, 15) is 5.11 Å². The fourth-order valence-electron chi connectivity index (χ4n) is 4.96. The smallest absolute Gasteiger partial charge is 0.203 e. The van der Waals surface area contributed by atoms with Crippen LogP contribution in [0.15, 0.2) is 47.8 Å². The van der Waals surface area contributed by atoms with E-state index in [-0.39, 0.29) is 6.61 Å². The van der Waals surface area contributed by atoms with Crippen LogP contribution in [0.2, 0.25) is 0 Å². The second-order valence-corrected chi connectivity index (χ2v) is 10.6. The standard InChI is InChI=1S/C29H36N4O5S/c1-35-25-16-20(17-26(36-2)28(25)37-3)8-10-32-11-13-33(14-12-32)18-22(34)19-38-23-6-4-21(5-7-23)27-29-24(30-31-27)9-15-39-29/h4-7,9,15-17,22,34H,8,10-14,18-19H2,1-3H3,(H,30,31). The van der Waals surface area contributed by atoms with Crippen molar-refractivity contribution in [3.63, 3.8) is 0 Å². The largest absolute Gasteiger partial charge is 0.493 e. The summed E-state index contributed by atoms with van der Waals surface area (Å²) in [5.74, 6) is 2.72. The van der Waals surface area contributed by atoms with E-state index in [0.717, 1.165) is 71.9 Å². The van der Waals surface area contributed by atoms with Crippen LogP contribution in [0.3, 0.4) is 0 Å². The van der Waals surface area contributed by atoms with Gasteiger partial charge >= 0.3 is 0 Å². The number of aliphatic hydroxyl groups excluding tert-OH is 1. The highest BCUT2D eigenvalue weighted by molar-refractivity contribution is 7.17. The number of fused-ring (bicyclic) bond motifs is 1. The average molecular weight is 553 g/mol. The number of rotatable bonds is 12. The van der Waals surface area contributed by atoms with Crippen molar-refractivity contribution in [3.05, 3.63) is 53.4 Å². The summed E-state index contributed by atoms with van der Waals surface area (Å²) in [6.45, 7) is 5.57. The van der Waals surface area contributed by atoms with E-state index in [1.165, 1.54) is 0 Å². The topological polar surface area (TPSA) is 92.3 Å². The van der Waals surface area contributed by atoms with Crippen molar-refractivity contribution in [2.24, 2.45) is 0 Å². The van der Waals surface area contributed by atoms with Crippen molar-refractivity contribution in [1.82, 2.24) is 20.0 Å². The highest BCUT2D eigenvalue weighted by Crippen LogP contribution is 2.38. The molecule has 10 heteroatoms. The quantitative estimate of drug-likeness (QED) is 0.273. The molecule has 1 atom stereocenters. The Bertz CT molecular complexity index is 1320. The number of β-amino-alcohol motifs (C(OH)–C–C–N with tert-alkyl or cyclic N) is 1. The fraction of sp³-hybridized carbons (Fsp3) is 0.414. The number of aromatic amines is 1. The maximum atomic E-state index is 10.6. The normalized spacial score (nSPS) is 15.4. The van der Waals surface area contributed by atoms with Gasteiger partial charge in [-0.3, -0.25) is 10.00 Å². The zero-order chi connectivity index (χ0) is 27.2. The number of methoxy groups -OCH3 is 3. The van der Waals surface area contributed by atoms with Crippen LogP contribution in [-0.2, 0) is 6.42 Å². The Kier molecular flexibility index (Phi) is 8.88. The number of benzene rings is 2. The van der Waals surface area contributed by atoms with Crippen molar-refractivity contribution >= 4 is 21.6 Å². The van der Waals surface area contributed by atoms with Crippen molar-refractivity contribution in [1.29, 1.82) is 0 Å². The van der Waals surface area contributed by atoms with E-state index in [1.54, 1.807) is 32.7 Å². The first-order chi connectivity index (χ1) is 19.1. The van der Waals surface area contributed by atoms with Crippen LogP contribution >= 0.6 is 11.3 Å². The van der Waals surface area contributed by atoms with Crippen molar-refractivity contribution < 1.29 is 24.1 Å². The number of H-pyrrole nitrogens is 1. The first kappa shape index (κ1) is 27.3.